The zero-order valence-corrected chi connectivity index (χ0v) is 13.7. The predicted molar refractivity (Wildman–Crippen MR) is 88.0 cm³/mol. The van der Waals surface area contributed by atoms with Gasteiger partial charge in [0.15, 0.2) is 5.96 Å². The van der Waals surface area contributed by atoms with Crippen LogP contribution in [0.25, 0.3) is 0 Å². The molecule has 6 nitrogen and oxygen atoms in total. The van der Waals surface area contributed by atoms with Gasteiger partial charge in [0.1, 0.15) is 5.69 Å². The lowest BCUT2D eigenvalue weighted by Crippen LogP contribution is -2.39. The van der Waals surface area contributed by atoms with Crippen molar-refractivity contribution in [1.29, 1.82) is 0 Å². The van der Waals surface area contributed by atoms with Gasteiger partial charge in [-0.25, -0.2) is 9.97 Å². The number of anilines is 1. The fourth-order valence-corrected chi connectivity index (χ4v) is 2.43. The summed E-state index contributed by atoms with van der Waals surface area (Å²) in [6, 6.07) is 2.84. The van der Waals surface area contributed by atoms with Crippen molar-refractivity contribution in [2.45, 2.75) is 12.7 Å². The molecule has 0 aliphatic rings. The highest BCUT2D eigenvalue weighted by atomic mass is 32.1. The number of thiophene rings is 1. The van der Waals surface area contributed by atoms with Gasteiger partial charge in [-0.05, 0) is 28.5 Å². The van der Waals surface area contributed by atoms with E-state index in [1.54, 1.807) is 18.4 Å². The van der Waals surface area contributed by atoms with Gasteiger partial charge in [-0.2, -0.15) is 24.5 Å². The molecule has 0 aliphatic heterocycles. The van der Waals surface area contributed by atoms with Crippen molar-refractivity contribution < 1.29 is 13.2 Å². The van der Waals surface area contributed by atoms with Gasteiger partial charge in [-0.3, -0.25) is 4.99 Å². The highest BCUT2D eigenvalue weighted by molar-refractivity contribution is 7.07. The molecule has 0 aromatic carbocycles. The minimum Gasteiger partial charge on any atom is -0.355 e. The number of halogens is 3. The van der Waals surface area contributed by atoms with E-state index in [-0.39, 0.29) is 5.95 Å². The van der Waals surface area contributed by atoms with Crippen molar-refractivity contribution in [1.82, 2.24) is 20.6 Å². The lowest BCUT2D eigenvalue weighted by molar-refractivity contribution is -0.141. The van der Waals surface area contributed by atoms with E-state index >= 15 is 0 Å². The Labute approximate surface area is 141 Å². The van der Waals surface area contributed by atoms with E-state index < -0.39 is 11.9 Å². The maximum atomic E-state index is 12.6. The third-order valence-corrected chi connectivity index (χ3v) is 3.64. The maximum absolute atomic E-state index is 12.6. The molecule has 24 heavy (non-hydrogen) atoms. The number of aliphatic imine (C=N–C) groups is 1. The molecule has 2 aromatic heterocycles. The van der Waals surface area contributed by atoms with Gasteiger partial charge in [0, 0.05) is 32.9 Å². The van der Waals surface area contributed by atoms with E-state index in [4.69, 9.17) is 0 Å². The van der Waals surface area contributed by atoms with Crippen LogP contribution in [0.2, 0.25) is 0 Å². The average molecular weight is 358 g/mol. The number of hydrogen-bond acceptors (Lipinski definition) is 5. The Bertz CT molecular complexity index is 657. The van der Waals surface area contributed by atoms with Crippen LogP contribution in [0.4, 0.5) is 19.1 Å². The molecular weight excluding hydrogens is 341 g/mol. The molecule has 3 N–H and O–H groups in total. The molecule has 0 saturated carbocycles. The zero-order chi connectivity index (χ0) is 17.4. The van der Waals surface area contributed by atoms with Crippen LogP contribution in [0, 0.1) is 0 Å². The van der Waals surface area contributed by atoms with Crippen LogP contribution in [-0.4, -0.2) is 36.1 Å². The van der Waals surface area contributed by atoms with Crippen molar-refractivity contribution >= 4 is 23.2 Å². The normalized spacial score (nSPS) is 12.1. The summed E-state index contributed by atoms with van der Waals surface area (Å²) in [5.74, 6) is 0.542. The van der Waals surface area contributed by atoms with Crippen LogP contribution in [-0.2, 0) is 12.7 Å². The zero-order valence-electron chi connectivity index (χ0n) is 12.9. The van der Waals surface area contributed by atoms with Crippen LogP contribution < -0.4 is 16.0 Å². The molecule has 0 saturated heterocycles. The molecule has 2 heterocycles. The summed E-state index contributed by atoms with van der Waals surface area (Å²) in [6.45, 7) is 1.44. The second-order valence-corrected chi connectivity index (χ2v) is 5.45. The SMILES string of the molecule is CN=C(NCCNc1nccc(C(F)(F)F)n1)NCc1ccsc1. The summed E-state index contributed by atoms with van der Waals surface area (Å²) in [5.41, 5.74) is 0.180. The molecule has 10 heteroatoms. The number of nitrogens with one attached hydrogen (secondary N) is 3. The van der Waals surface area contributed by atoms with Gasteiger partial charge in [0.05, 0.1) is 0 Å². The Kier molecular flexibility index (Phi) is 6.36. The summed E-state index contributed by atoms with van der Waals surface area (Å²) in [6.07, 6.45) is -3.40. The van der Waals surface area contributed by atoms with Gasteiger partial charge < -0.3 is 16.0 Å². The Hall–Kier alpha value is -2.36. The van der Waals surface area contributed by atoms with Crippen molar-refractivity contribution in [3.8, 4) is 0 Å². The first-order valence-electron chi connectivity index (χ1n) is 7.09. The summed E-state index contributed by atoms with van der Waals surface area (Å²) in [4.78, 5) is 11.3. The molecule has 0 amide bonds. The Morgan fingerprint density at radius 2 is 2.08 bits per heavy atom. The van der Waals surface area contributed by atoms with Crippen LogP contribution in [0.15, 0.2) is 34.1 Å². The number of guanidine groups is 1. The first-order chi connectivity index (χ1) is 11.5. The van der Waals surface area contributed by atoms with Gasteiger partial charge in [-0.1, -0.05) is 0 Å². The quantitative estimate of drug-likeness (QED) is 0.420. The Morgan fingerprint density at radius 1 is 1.25 bits per heavy atom. The topological polar surface area (TPSA) is 74.2 Å². The van der Waals surface area contributed by atoms with Crippen molar-refractivity contribution in [3.05, 3.63) is 40.3 Å². The van der Waals surface area contributed by atoms with E-state index in [1.165, 1.54) is 0 Å². The highest BCUT2D eigenvalue weighted by Crippen LogP contribution is 2.27. The van der Waals surface area contributed by atoms with E-state index in [0.717, 1.165) is 17.8 Å². The molecule has 0 radical (unpaired) electrons. The Morgan fingerprint density at radius 3 is 2.75 bits per heavy atom. The molecule has 2 aromatic rings. The standard InChI is InChI=1S/C14H17F3N6S/c1-18-12(22-8-10-3-7-24-9-10)20-5-6-21-13-19-4-2-11(23-13)14(15,16)17/h2-4,7,9H,5-6,8H2,1H3,(H2,18,20,22)(H,19,21,23). The molecule has 0 spiro atoms. The summed E-state index contributed by atoms with van der Waals surface area (Å²) < 4.78 is 37.7. The fourth-order valence-electron chi connectivity index (χ4n) is 1.76. The molecule has 0 atom stereocenters. The van der Waals surface area contributed by atoms with Crippen LogP contribution in [0.3, 0.4) is 0 Å². The van der Waals surface area contributed by atoms with E-state index in [1.807, 2.05) is 16.8 Å². The number of hydrogen-bond donors (Lipinski definition) is 3. The maximum Gasteiger partial charge on any atom is 0.433 e. The molecule has 130 valence electrons. The Balaban J connectivity index is 1.73. The van der Waals surface area contributed by atoms with Crippen LogP contribution in [0.1, 0.15) is 11.3 Å². The molecule has 0 aliphatic carbocycles. The van der Waals surface area contributed by atoms with Crippen molar-refractivity contribution in [2.24, 2.45) is 4.99 Å². The predicted octanol–water partition coefficient (Wildman–Crippen LogP) is 2.33. The average Bonchev–Trinajstić information content (AvgIpc) is 3.07. The number of rotatable bonds is 6. The summed E-state index contributed by atoms with van der Waals surface area (Å²) in [5, 5.41) is 13.0. The van der Waals surface area contributed by atoms with E-state index in [2.05, 4.69) is 30.9 Å². The number of nitrogens with zero attached hydrogens (tertiary/aromatic N) is 3. The third-order valence-electron chi connectivity index (χ3n) is 2.91. The van der Waals surface area contributed by atoms with Crippen molar-refractivity contribution in [2.75, 3.05) is 25.5 Å². The van der Waals surface area contributed by atoms with Gasteiger partial charge >= 0.3 is 6.18 Å². The molecule has 0 fully saturated rings. The minimum absolute atomic E-state index is 0.0622. The van der Waals surface area contributed by atoms with Gasteiger partial charge in [0.2, 0.25) is 5.95 Å². The van der Waals surface area contributed by atoms with E-state index in [0.29, 0.717) is 25.6 Å². The largest absolute Gasteiger partial charge is 0.433 e. The second kappa shape index (κ2) is 8.48. The third kappa shape index (κ3) is 5.69. The monoisotopic (exact) mass is 358 g/mol. The van der Waals surface area contributed by atoms with Crippen LogP contribution in [0.5, 0.6) is 0 Å². The first kappa shape index (κ1) is 18.0. The van der Waals surface area contributed by atoms with Gasteiger partial charge in [-0.15, -0.1) is 0 Å². The highest BCUT2D eigenvalue weighted by Gasteiger charge is 2.32. The molecule has 2 rings (SSSR count). The lowest BCUT2D eigenvalue weighted by atomic mass is 10.3. The van der Waals surface area contributed by atoms with E-state index in [9.17, 15) is 13.2 Å². The number of aromatic nitrogens is 2. The fraction of sp³-hybridized carbons (Fsp3) is 0.357. The second-order valence-electron chi connectivity index (χ2n) is 4.67. The molecule has 0 unspecified atom stereocenters. The first-order valence-corrected chi connectivity index (χ1v) is 8.03. The van der Waals surface area contributed by atoms with Gasteiger partial charge in [0.25, 0.3) is 0 Å². The summed E-state index contributed by atoms with van der Waals surface area (Å²) >= 11 is 1.62. The number of alkyl halides is 3. The van der Waals surface area contributed by atoms with Crippen molar-refractivity contribution in [3.63, 3.8) is 0 Å². The molecular formula is C14H17F3N6S. The summed E-state index contributed by atoms with van der Waals surface area (Å²) in [7, 11) is 1.65. The molecule has 0 bridgehead atoms. The minimum atomic E-state index is -4.48. The van der Waals surface area contributed by atoms with Crippen LogP contribution >= 0.6 is 11.3 Å². The lowest BCUT2D eigenvalue weighted by Gasteiger charge is -2.12. The smallest absolute Gasteiger partial charge is 0.355 e.